The second kappa shape index (κ2) is 5.05. The largest absolute Gasteiger partial charge is 0.327 e. The highest BCUT2D eigenvalue weighted by molar-refractivity contribution is 5.11. The summed E-state index contributed by atoms with van der Waals surface area (Å²) >= 11 is 0. The molecule has 1 unspecified atom stereocenters. The SMILES string of the molecule is CCc1nc(C)cc(CC(N)CC)n1. The van der Waals surface area contributed by atoms with Crippen molar-refractivity contribution >= 4 is 0 Å². The first-order valence-corrected chi connectivity index (χ1v) is 5.24. The van der Waals surface area contributed by atoms with Crippen molar-refractivity contribution in [2.45, 2.75) is 46.1 Å². The molecule has 78 valence electrons. The first-order valence-electron chi connectivity index (χ1n) is 5.24. The maximum atomic E-state index is 5.89. The maximum absolute atomic E-state index is 5.89. The van der Waals surface area contributed by atoms with E-state index in [0.717, 1.165) is 36.5 Å². The Bertz CT molecular complexity index is 297. The van der Waals surface area contributed by atoms with Gasteiger partial charge in [0.2, 0.25) is 0 Å². The predicted octanol–water partition coefficient (Wildman–Crippen LogP) is 1.63. The summed E-state index contributed by atoms with van der Waals surface area (Å²) in [7, 11) is 0. The van der Waals surface area contributed by atoms with Crippen molar-refractivity contribution in [1.29, 1.82) is 0 Å². The minimum atomic E-state index is 0.217. The molecule has 0 aliphatic rings. The van der Waals surface area contributed by atoms with Crippen molar-refractivity contribution in [2.24, 2.45) is 5.73 Å². The molecule has 0 fully saturated rings. The van der Waals surface area contributed by atoms with Crippen LogP contribution >= 0.6 is 0 Å². The summed E-state index contributed by atoms with van der Waals surface area (Å²) in [4.78, 5) is 8.78. The molecular formula is C11H19N3. The monoisotopic (exact) mass is 193 g/mol. The highest BCUT2D eigenvalue weighted by Gasteiger charge is 2.05. The van der Waals surface area contributed by atoms with E-state index in [1.807, 2.05) is 13.0 Å². The van der Waals surface area contributed by atoms with E-state index in [4.69, 9.17) is 5.73 Å². The molecule has 0 aliphatic carbocycles. The third-order valence-electron chi connectivity index (χ3n) is 2.27. The molecule has 1 heterocycles. The van der Waals surface area contributed by atoms with Gasteiger partial charge in [0.1, 0.15) is 5.82 Å². The van der Waals surface area contributed by atoms with Crippen molar-refractivity contribution in [2.75, 3.05) is 0 Å². The van der Waals surface area contributed by atoms with Crippen molar-refractivity contribution in [3.05, 3.63) is 23.3 Å². The van der Waals surface area contributed by atoms with Crippen LogP contribution in [0.25, 0.3) is 0 Å². The van der Waals surface area contributed by atoms with E-state index in [9.17, 15) is 0 Å². The minimum Gasteiger partial charge on any atom is -0.327 e. The first-order chi connectivity index (χ1) is 6.65. The quantitative estimate of drug-likeness (QED) is 0.790. The second-order valence-electron chi connectivity index (χ2n) is 3.64. The maximum Gasteiger partial charge on any atom is 0.128 e. The molecule has 2 N–H and O–H groups in total. The van der Waals surface area contributed by atoms with E-state index in [2.05, 4.69) is 23.8 Å². The third kappa shape index (κ3) is 3.07. The Morgan fingerprint density at radius 3 is 2.64 bits per heavy atom. The molecule has 0 saturated carbocycles. The molecular weight excluding hydrogens is 174 g/mol. The molecule has 3 heteroatoms. The molecule has 1 atom stereocenters. The van der Waals surface area contributed by atoms with Crippen LogP contribution in [0.3, 0.4) is 0 Å². The zero-order valence-corrected chi connectivity index (χ0v) is 9.25. The smallest absolute Gasteiger partial charge is 0.128 e. The molecule has 0 aliphatic heterocycles. The third-order valence-corrected chi connectivity index (χ3v) is 2.27. The molecule has 0 amide bonds. The van der Waals surface area contributed by atoms with Crippen LogP contribution in [0.1, 0.15) is 37.5 Å². The number of nitrogens with zero attached hydrogens (tertiary/aromatic N) is 2. The molecule has 1 aromatic rings. The van der Waals surface area contributed by atoms with Gasteiger partial charge in [0.15, 0.2) is 0 Å². The van der Waals surface area contributed by atoms with Crippen molar-refractivity contribution < 1.29 is 0 Å². The Hall–Kier alpha value is -0.960. The number of hydrogen-bond acceptors (Lipinski definition) is 3. The number of hydrogen-bond donors (Lipinski definition) is 1. The van der Waals surface area contributed by atoms with Crippen molar-refractivity contribution in [3.63, 3.8) is 0 Å². The lowest BCUT2D eigenvalue weighted by Crippen LogP contribution is -2.22. The van der Waals surface area contributed by atoms with Crippen molar-refractivity contribution in [3.8, 4) is 0 Å². The Morgan fingerprint density at radius 2 is 2.07 bits per heavy atom. The average molecular weight is 193 g/mol. The van der Waals surface area contributed by atoms with Gasteiger partial charge in [-0.3, -0.25) is 0 Å². The van der Waals surface area contributed by atoms with Gasteiger partial charge in [0, 0.05) is 30.3 Å². The van der Waals surface area contributed by atoms with Crippen molar-refractivity contribution in [1.82, 2.24) is 9.97 Å². The predicted molar refractivity (Wildman–Crippen MR) is 58.1 cm³/mol. The Kier molecular flexibility index (Phi) is 4.01. The Balaban J connectivity index is 2.81. The van der Waals surface area contributed by atoms with Crippen LogP contribution < -0.4 is 5.73 Å². The van der Waals surface area contributed by atoms with E-state index >= 15 is 0 Å². The molecule has 1 rings (SSSR count). The van der Waals surface area contributed by atoms with Crippen LogP contribution in [0.4, 0.5) is 0 Å². The summed E-state index contributed by atoms with van der Waals surface area (Å²) in [5.41, 5.74) is 8.00. The molecule has 1 aromatic heterocycles. The molecule has 14 heavy (non-hydrogen) atoms. The van der Waals surface area contributed by atoms with Gasteiger partial charge < -0.3 is 5.73 Å². The molecule has 0 aromatic carbocycles. The van der Waals surface area contributed by atoms with Gasteiger partial charge in [-0.15, -0.1) is 0 Å². The second-order valence-corrected chi connectivity index (χ2v) is 3.64. The topological polar surface area (TPSA) is 51.8 Å². The van der Waals surface area contributed by atoms with Crippen LogP contribution in [-0.4, -0.2) is 16.0 Å². The fraction of sp³-hybridized carbons (Fsp3) is 0.636. The summed E-state index contributed by atoms with van der Waals surface area (Å²) in [5.74, 6) is 0.920. The van der Waals surface area contributed by atoms with Gasteiger partial charge in [0.05, 0.1) is 0 Å². The zero-order valence-electron chi connectivity index (χ0n) is 9.25. The summed E-state index contributed by atoms with van der Waals surface area (Å²) in [6.07, 6.45) is 2.73. The highest BCUT2D eigenvalue weighted by atomic mass is 14.9. The lowest BCUT2D eigenvalue weighted by atomic mass is 10.1. The van der Waals surface area contributed by atoms with Gasteiger partial charge in [-0.05, 0) is 19.4 Å². The first kappa shape index (κ1) is 11.1. The van der Waals surface area contributed by atoms with Crippen LogP contribution in [-0.2, 0) is 12.8 Å². The lowest BCUT2D eigenvalue weighted by Gasteiger charge is -2.09. The number of nitrogens with two attached hydrogens (primary N) is 1. The molecule has 3 nitrogen and oxygen atoms in total. The number of rotatable bonds is 4. The van der Waals surface area contributed by atoms with E-state index < -0.39 is 0 Å². The van der Waals surface area contributed by atoms with Gasteiger partial charge in [-0.2, -0.15) is 0 Å². The minimum absolute atomic E-state index is 0.217. The van der Waals surface area contributed by atoms with E-state index in [-0.39, 0.29) is 6.04 Å². The van der Waals surface area contributed by atoms with Gasteiger partial charge in [0.25, 0.3) is 0 Å². The van der Waals surface area contributed by atoms with Gasteiger partial charge >= 0.3 is 0 Å². The summed E-state index contributed by atoms with van der Waals surface area (Å²) in [6.45, 7) is 6.17. The molecule has 0 spiro atoms. The fourth-order valence-corrected chi connectivity index (χ4v) is 1.38. The highest BCUT2D eigenvalue weighted by Crippen LogP contribution is 2.05. The van der Waals surface area contributed by atoms with E-state index in [1.54, 1.807) is 0 Å². The Morgan fingerprint density at radius 1 is 1.36 bits per heavy atom. The Labute approximate surface area is 85.8 Å². The zero-order chi connectivity index (χ0) is 10.6. The average Bonchev–Trinajstić information content (AvgIpc) is 2.16. The summed E-state index contributed by atoms with van der Waals surface area (Å²) in [5, 5.41) is 0. The molecule has 0 bridgehead atoms. The van der Waals surface area contributed by atoms with Crippen LogP contribution in [0.2, 0.25) is 0 Å². The lowest BCUT2D eigenvalue weighted by molar-refractivity contribution is 0.632. The van der Waals surface area contributed by atoms with Crippen LogP contribution in [0.15, 0.2) is 6.07 Å². The van der Waals surface area contributed by atoms with Gasteiger partial charge in [-0.25, -0.2) is 9.97 Å². The van der Waals surface area contributed by atoms with Crippen LogP contribution in [0.5, 0.6) is 0 Å². The van der Waals surface area contributed by atoms with Gasteiger partial charge in [-0.1, -0.05) is 13.8 Å². The standard InChI is InChI=1S/C11H19N3/c1-4-9(12)7-10-6-8(3)13-11(5-2)14-10/h6,9H,4-5,7,12H2,1-3H3. The molecule has 0 radical (unpaired) electrons. The van der Waals surface area contributed by atoms with E-state index in [1.165, 1.54) is 0 Å². The summed E-state index contributed by atoms with van der Waals surface area (Å²) in [6, 6.07) is 2.24. The van der Waals surface area contributed by atoms with Crippen LogP contribution in [0, 0.1) is 6.92 Å². The summed E-state index contributed by atoms with van der Waals surface area (Å²) < 4.78 is 0. The number of aromatic nitrogens is 2. The van der Waals surface area contributed by atoms with E-state index in [0.29, 0.717) is 0 Å². The fourth-order valence-electron chi connectivity index (χ4n) is 1.38. The molecule has 0 saturated heterocycles. The number of aryl methyl sites for hydroxylation is 2. The normalized spacial score (nSPS) is 12.9.